The van der Waals surface area contributed by atoms with Crippen molar-refractivity contribution in [3.05, 3.63) is 66.0 Å². The fraction of sp³-hybridized carbons (Fsp3) is 0.0476. The van der Waals surface area contributed by atoms with Crippen LogP contribution < -0.4 is 11.1 Å². The van der Waals surface area contributed by atoms with Crippen LogP contribution >= 0.6 is 0 Å². The molecule has 182 valence electrons. The molecular formula is C21H18N4O8S2. The van der Waals surface area contributed by atoms with E-state index in [1.165, 1.54) is 18.2 Å². The average Bonchev–Trinajstić information content (AvgIpc) is 3.21. The summed E-state index contributed by atoms with van der Waals surface area (Å²) in [4.78, 5) is 18.2. The van der Waals surface area contributed by atoms with Crippen LogP contribution in [0.4, 0.5) is 11.4 Å². The van der Waals surface area contributed by atoms with Crippen molar-refractivity contribution < 1.29 is 35.8 Å². The summed E-state index contributed by atoms with van der Waals surface area (Å²) in [5.74, 6) is -0.827. The molecule has 3 aromatic carbocycles. The van der Waals surface area contributed by atoms with Gasteiger partial charge in [-0.15, -0.1) is 0 Å². The first kappa shape index (κ1) is 24.3. The lowest BCUT2D eigenvalue weighted by molar-refractivity contribution is 0.101. The Morgan fingerprint density at radius 3 is 2.17 bits per heavy atom. The summed E-state index contributed by atoms with van der Waals surface area (Å²) in [7, 11) is -9.71. The predicted molar refractivity (Wildman–Crippen MR) is 126 cm³/mol. The molecule has 0 radical (unpaired) electrons. The summed E-state index contributed by atoms with van der Waals surface area (Å²) in [5.41, 5.74) is 6.62. The second-order valence-electron chi connectivity index (χ2n) is 7.47. The molecule has 0 saturated heterocycles. The molecule has 1 aromatic heterocycles. The molecule has 7 N–H and O–H groups in total. The molecule has 0 aliphatic heterocycles. The molecule has 0 bridgehead atoms. The Bertz CT molecular complexity index is 1700. The van der Waals surface area contributed by atoms with Crippen LogP contribution in [-0.2, 0) is 26.8 Å². The van der Waals surface area contributed by atoms with Gasteiger partial charge >= 0.3 is 0 Å². The van der Waals surface area contributed by atoms with Gasteiger partial charge in [-0.1, -0.05) is 18.2 Å². The lowest BCUT2D eigenvalue weighted by Gasteiger charge is -2.13. The number of rotatable bonds is 6. The molecule has 0 aliphatic rings. The van der Waals surface area contributed by atoms with Crippen LogP contribution in [-0.4, -0.2) is 46.9 Å². The van der Waals surface area contributed by atoms with E-state index >= 15 is 0 Å². The van der Waals surface area contributed by atoms with Crippen LogP contribution in [0.25, 0.3) is 22.2 Å². The summed E-state index contributed by atoms with van der Waals surface area (Å²) in [5, 5.41) is 11.7. The van der Waals surface area contributed by atoms with E-state index in [1.54, 1.807) is 18.2 Å². The number of hydrogen-bond acceptors (Lipinski definition) is 8. The van der Waals surface area contributed by atoms with E-state index in [-0.39, 0.29) is 34.9 Å². The number of aliphatic hydroxyl groups excluding tert-OH is 1. The van der Waals surface area contributed by atoms with Crippen molar-refractivity contribution in [2.24, 2.45) is 0 Å². The van der Waals surface area contributed by atoms with Gasteiger partial charge in [0.15, 0.2) is 5.82 Å². The minimum Gasteiger partial charge on any atom is -0.399 e. The van der Waals surface area contributed by atoms with Crippen LogP contribution in [0.15, 0.2) is 64.4 Å². The van der Waals surface area contributed by atoms with Crippen LogP contribution in [0.1, 0.15) is 16.2 Å². The number of H-pyrrole nitrogens is 1. The molecule has 4 aromatic rings. The summed E-state index contributed by atoms with van der Waals surface area (Å²) in [6, 6.07) is 11.6. The molecule has 0 aliphatic carbocycles. The van der Waals surface area contributed by atoms with Gasteiger partial charge in [-0.25, -0.2) is 4.98 Å². The number of anilines is 2. The molecule has 12 nitrogen and oxygen atoms in total. The van der Waals surface area contributed by atoms with Gasteiger partial charge in [0, 0.05) is 22.5 Å². The smallest absolute Gasteiger partial charge is 0.295 e. The van der Waals surface area contributed by atoms with E-state index in [4.69, 9.17) is 5.73 Å². The highest BCUT2D eigenvalue weighted by Gasteiger charge is 2.24. The van der Waals surface area contributed by atoms with Crippen molar-refractivity contribution in [1.29, 1.82) is 0 Å². The lowest BCUT2D eigenvalue weighted by Crippen LogP contribution is -2.14. The van der Waals surface area contributed by atoms with E-state index in [0.717, 1.165) is 18.2 Å². The van der Waals surface area contributed by atoms with Crippen molar-refractivity contribution >= 4 is 48.6 Å². The molecule has 1 amide bonds. The third-order valence-corrected chi connectivity index (χ3v) is 6.82. The molecule has 0 atom stereocenters. The number of nitrogen functional groups attached to an aromatic ring is 1. The zero-order valence-corrected chi connectivity index (χ0v) is 19.3. The van der Waals surface area contributed by atoms with E-state index in [2.05, 4.69) is 15.3 Å². The maximum atomic E-state index is 12.7. The molecule has 0 fully saturated rings. The second-order valence-corrected chi connectivity index (χ2v) is 10.2. The number of fused-ring (bicyclic) bond motifs is 1. The topological polar surface area (TPSA) is 213 Å². The molecule has 35 heavy (non-hydrogen) atoms. The van der Waals surface area contributed by atoms with Crippen molar-refractivity contribution in [2.75, 3.05) is 11.1 Å². The Morgan fingerprint density at radius 1 is 0.914 bits per heavy atom. The number of amides is 1. The van der Waals surface area contributed by atoms with Crippen molar-refractivity contribution in [2.45, 2.75) is 16.4 Å². The van der Waals surface area contributed by atoms with Gasteiger partial charge in [0.25, 0.3) is 26.1 Å². The molecule has 0 unspecified atom stereocenters. The number of hydrogen-bond donors (Lipinski definition) is 6. The average molecular weight is 519 g/mol. The van der Waals surface area contributed by atoms with Crippen molar-refractivity contribution in [3.8, 4) is 11.1 Å². The SMILES string of the molecule is Nc1ccc(-c2ccc(NC(=O)c3nc4ccc(CO)cc4[nH]3)cc2S(=O)(=O)O)c(S(=O)(=O)O)c1. The fourth-order valence-electron chi connectivity index (χ4n) is 3.46. The van der Waals surface area contributed by atoms with Crippen LogP contribution in [0.2, 0.25) is 0 Å². The monoisotopic (exact) mass is 518 g/mol. The number of carbonyl (C=O) groups excluding carboxylic acids is 1. The first-order valence-corrected chi connectivity index (χ1v) is 12.6. The van der Waals surface area contributed by atoms with Gasteiger partial charge in [-0.2, -0.15) is 16.8 Å². The number of imidazole rings is 1. The summed E-state index contributed by atoms with van der Waals surface area (Å²) in [6.45, 7) is -0.200. The van der Waals surface area contributed by atoms with Crippen LogP contribution in [0.5, 0.6) is 0 Å². The summed E-state index contributed by atoms with van der Waals surface area (Å²) < 4.78 is 67.2. The molecule has 1 heterocycles. The van der Waals surface area contributed by atoms with Crippen LogP contribution in [0.3, 0.4) is 0 Å². The maximum absolute atomic E-state index is 12.7. The minimum absolute atomic E-state index is 0.00407. The van der Waals surface area contributed by atoms with Gasteiger partial charge in [0.05, 0.1) is 17.6 Å². The van der Waals surface area contributed by atoms with Crippen molar-refractivity contribution in [3.63, 3.8) is 0 Å². The lowest BCUT2D eigenvalue weighted by atomic mass is 10.0. The Labute approximate surface area is 198 Å². The minimum atomic E-state index is -4.91. The fourth-order valence-corrected chi connectivity index (χ4v) is 4.94. The molecule has 14 heteroatoms. The summed E-state index contributed by atoms with van der Waals surface area (Å²) in [6.07, 6.45) is 0. The highest BCUT2D eigenvalue weighted by Crippen LogP contribution is 2.35. The number of nitrogens with two attached hydrogens (primary N) is 1. The van der Waals surface area contributed by atoms with Gasteiger partial charge in [0.1, 0.15) is 9.79 Å². The zero-order chi connectivity index (χ0) is 25.5. The molecule has 0 spiro atoms. The van der Waals surface area contributed by atoms with E-state index in [0.29, 0.717) is 16.6 Å². The third-order valence-electron chi connectivity index (χ3n) is 5.04. The van der Waals surface area contributed by atoms with Gasteiger partial charge in [-0.05, 0) is 42.0 Å². The van der Waals surface area contributed by atoms with E-state index < -0.39 is 35.9 Å². The molecule has 4 rings (SSSR count). The second kappa shape index (κ2) is 8.75. The first-order chi connectivity index (χ1) is 16.4. The maximum Gasteiger partial charge on any atom is 0.295 e. The number of carbonyl (C=O) groups is 1. The van der Waals surface area contributed by atoms with Gasteiger partial charge in [-0.3, -0.25) is 13.9 Å². The van der Waals surface area contributed by atoms with Crippen molar-refractivity contribution in [1.82, 2.24) is 9.97 Å². The predicted octanol–water partition coefficient (Wildman–Crippen LogP) is 2.05. The van der Waals surface area contributed by atoms with E-state index in [1.807, 2.05) is 0 Å². The third kappa shape index (κ3) is 5.01. The summed E-state index contributed by atoms with van der Waals surface area (Å²) >= 11 is 0. The number of aromatic amines is 1. The highest BCUT2D eigenvalue weighted by atomic mass is 32.2. The Balaban J connectivity index is 1.75. The standard InChI is InChI=1S/C21H18N4O8S2/c22-12-2-4-14(18(8-12)34(28,29)30)15-5-3-13(9-19(15)35(31,32)33)23-21(27)20-24-16-6-1-11(10-26)7-17(16)25-20/h1-9,26H,10,22H2,(H,23,27)(H,24,25)(H,28,29,30)(H,31,32,33). The number of nitrogens with zero attached hydrogens (tertiary/aromatic N) is 1. The van der Waals surface area contributed by atoms with Gasteiger partial charge in [0.2, 0.25) is 0 Å². The Hall–Kier alpha value is -3.82. The Morgan fingerprint density at radius 2 is 1.54 bits per heavy atom. The molecular weight excluding hydrogens is 500 g/mol. The highest BCUT2D eigenvalue weighted by molar-refractivity contribution is 7.86. The quantitative estimate of drug-likeness (QED) is 0.161. The number of aliphatic hydroxyl groups is 1. The normalized spacial score (nSPS) is 12.1. The number of benzene rings is 3. The number of nitrogens with one attached hydrogen (secondary N) is 2. The number of aromatic nitrogens is 2. The molecule has 0 saturated carbocycles. The van der Waals surface area contributed by atoms with Gasteiger partial charge < -0.3 is 21.1 Å². The first-order valence-electron chi connectivity index (χ1n) is 9.76. The van der Waals surface area contributed by atoms with E-state index in [9.17, 15) is 35.8 Å². The van der Waals surface area contributed by atoms with Crippen LogP contribution in [0, 0.1) is 0 Å². The zero-order valence-electron chi connectivity index (χ0n) is 17.6. The Kier molecular flexibility index (Phi) is 6.08. The largest absolute Gasteiger partial charge is 0.399 e.